The lowest BCUT2D eigenvalue weighted by atomic mass is 10.1. The number of carbonyl (C=O) groups is 1. The van der Waals surface area contributed by atoms with Gasteiger partial charge in [-0.3, -0.25) is 14.9 Å². The number of carbonyl (C=O) groups excluding carboxylic acids is 1. The fraction of sp³-hybridized carbons (Fsp3) is 0.222. The highest BCUT2D eigenvalue weighted by Gasteiger charge is 2.26. The van der Waals surface area contributed by atoms with Crippen molar-refractivity contribution >= 4 is 34.1 Å². The summed E-state index contributed by atoms with van der Waals surface area (Å²) in [5.74, 6) is -1.20. The van der Waals surface area contributed by atoms with E-state index >= 15 is 0 Å². The van der Waals surface area contributed by atoms with E-state index in [4.69, 9.17) is 0 Å². The normalized spacial score (nSPS) is 10.4. The van der Waals surface area contributed by atoms with Crippen molar-refractivity contribution in [1.82, 2.24) is 0 Å². The molecule has 0 aliphatic rings. The third-order valence-electron chi connectivity index (χ3n) is 1.82. The van der Waals surface area contributed by atoms with Gasteiger partial charge in [0, 0.05) is 9.64 Å². The average Bonchev–Trinajstić information content (AvgIpc) is 2.14. The second kappa shape index (κ2) is 5.34. The standard InChI is InChI=1S/C9H6F2INO4/c1-4(14)6-2-5(12)3-7(17-9(10)11)8(6)13(15)16/h2-3,9H,1H3. The molecule has 0 fully saturated rings. The molecular weight excluding hydrogens is 351 g/mol. The summed E-state index contributed by atoms with van der Waals surface area (Å²) in [5.41, 5.74) is -0.990. The van der Waals surface area contributed by atoms with Crippen molar-refractivity contribution in [1.29, 1.82) is 0 Å². The minimum Gasteiger partial charge on any atom is -0.427 e. The molecule has 8 heteroatoms. The number of benzene rings is 1. The molecule has 0 atom stereocenters. The Labute approximate surface area is 108 Å². The van der Waals surface area contributed by atoms with Crippen LogP contribution in [0.25, 0.3) is 0 Å². The highest BCUT2D eigenvalue weighted by Crippen LogP contribution is 2.34. The van der Waals surface area contributed by atoms with E-state index in [-0.39, 0.29) is 5.56 Å². The summed E-state index contributed by atoms with van der Waals surface area (Å²) < 4.78 is 28.6. The molecule has 0 aromatic heterocycles. The fourth-order valence-electron chi connectivity index (χ4n) is 1.22. The zero-order chi connectivity index (χ0) is 13.2. The Balaban J connectivity index is 3.46. The number of hydrogen-bond donors (Lipinski definition) is 0. The predicted octanol–water partition coefficient (Wildman–Crippen LogP) is 3.00. The van der Waals surface area contributed by atoms with E-state index in [1.807, 2.05) is 0 Å². The second-order valence-corrected chi connectivity index (χ2v) is 4.24. The maximum absolute atomic E-state index is 12.1. The summed E-state index contributed by atoms with van der Waals surface area (Å²) in [6.45, 7) is -2.07. The van der Waals surface area contributed by atoms with E-state index in [1.165, 1.54) is 6.07 Å². The van der Waals surface area contributed by atoms with Crippen LogP contribution in [0.15, 0.2) is 12.1 Å². The maximum atomic E-state index is 12.1. The van der Waals surface area contributed by atoms with E-state index in [1.54, 1.807) is 22.6 Å². The molecule has 0 heterocycles. The van der Waals surface area contributed by atoms with Crippen LogP contribution >= 0.6 is 22.6 Å². The Hall–Kier alpha value is -1.32. The summed E-state index contributed by atoms with van der Waals surface area (Å²) in [6, 6.07) is 2.33. The number of hydrogen-bond acceptors (Lipinski definition) is 4. The Kier molecular flexibility index (Phi) is 4.32. The topological polar surface area (TPSA) is 69.4 Å². The molecule has 0 radical (unpaired) electrons. The van der Waals surface area contributed by atoms with Crippen molar-refractivity contribution in [3.63, 3.8) is 0 Å². The largest absolute Gasteiger partial charge is 0.427 e. The number of nitro groups is 1. The molecule has 5 nitrogen and oxygen atoms in total. The van der Waals surface area contributed by atoms with Crippen LogP contribution in [-0.4, -0.2) is 17.3 Å². The maximum Gasteiger partial charge on any atom is 0.387 e. The molecule has 0 amide bonds. The number of alkyl halides is 2. The molecule has 0 saturated heterocycles. The fourth-order valence-corrected chi connectivity index (χ4v) is 1.81. The number of ether oxygens (including phenoxy) is 1. The molecule has 0 saturated carbocycles. The van der Waals surface area contributed by atoms with Crippen LogP contribution in [0.3, 0.4) is 0 Å². The van der Waals surface area contributed by atoms with Crippen LogP contribution in [0.2, 0.25) is 0 Å². The lowest BCUT2D eigenvalue weighted by Gasteiger charge is -2.08. The van der Waals surface area contributed by atoms with Crippen LogP contribution in [0.4, 0.5) is 14.5 Å². The van der Waals surface area contributed by atoms with E-state index in [9.17, 15) is 23.7 Å². The number of halogens is 3. The summed E-state index contributed by atoms with van der Waals surface area (Å²) in [6.07, 6.45) is 0. The minimum atomic E-state index is -3.19. The van der Waals surface area contributed by atoms with Crippen LogP contribution in [0.1, 0.15) is 17.3 Å². The van der Waals surface area contributed by atoms with Gasteiger partial charge in [0.1, 0.15) is 5.56 Å². The predicted molar refractivity (Wildman–Crippen MR) is 62.4 cm³/mol. The van der Waals surface area contributed by atoms with E-state index in [0.29, 0.717) is 3.57 Å². The molecule has 0 N–H and O–H groups in total. The van der Waals surface area contributed by atoms with Gasteiger partial charge in [-0.25, -0.2) is 0 Å². The zero-order valence-electron chi connectivity index (χ0n) is 8.45. The van der Waals surface area contributed by atoms with Gasteiger partial charge in [-0.2, -0.15) is 8.78 Å². The average molecular weight is 357 g/mol. The Morgan fingerprint density at radius 2 is 2.12 bits per heavy atom. The highest BCUT2D eigenvalue weighted by atomic mass is 127. The molecule has 92 valence electrons. The van der Waals surface area contributed by atoms with E-state index in [0.717, 1.165) is 13.0 Å². The first-order chi connectivity index (χ1) is 7.82. The zero-order valence-corrected chi connectivity index (χ0v) is 10.6. The van der Waals surface area contributed by atoms with E-state index < -0.39 is 28.8 Å². The minimum absolute atomic E-state index is 0.252. The molecule has 0 unspecified atom stereocenters. The monoisotopic (exact) mass is 357 g/mol. The van der Waals surface area contributed by atoms with Gasteiger partial charge in [-0.05, 0) is 35.6 Å². The van der Waals surface area contributed by atoms with E-state index in [2.05, 4.69) is 4.74 Å². The molecule has 0 spiro atoms. The van der Waals surface area contributed by atoms with Crippen molar-refractivity contribution in [3.05, 3.63) is 31.4 Å². The number of Topliss-reactive ketones (excluding diaryl/α,β-unsaturated/α-hetero) is 1. The molecule has 1 aromatic rings. The van der Waals surface area contributed by atoms with Crippen molar-refractivity contribution in [3.8, 4) is 5.75 Å². The van der Waals surface area contributed by atoms with Gasteiger partial charge >= 0.3 is 12.3 Å². The number of nitro benzene ring substituents is 1. The first-order valence-corrected chi connectivity index (χ1v) is 5.34. The van der Waals surface area contributed by atoms with Crippen LogP contribution in [0.5, 0.6) is 5.75 Å². The number of ketones is 1. The third kappa shape index (κ3) is 3.32. The summed E-state index contributed by atoms with van der Waals surface area (Å²) in [7, 11) is 0. The van der Waals surface area contributed by atoms with Crippen LogP contribution in [-0.2, 0) is 0 Å². The van der Waals surface area contributed by atoms with Gasteiger partial charge in [0.15, 0.2) is 5.78 Å². The second-order valence-electron chi connectivity index (χ2n) is 2.99. The van der Waals surface area contributed by atoms with Gasteiger partial charge in [-0.15, -0.1) is 0 Å². The molecule has 1 aromatic carbocycles. The Bertz CT molecular complexity index is 478. The Morgan fingerprint density at radius 1 is 1.53 bits per heavy atom. The van der Waals surface area contributed by atoms with Gasteiger partial charge in [-0.1, -0.05) is 0 Å². The molecule has 0 aliphatic heterocycles. The summed E-state index contributed by atoms with van der Waals surface area (Å²) in [4.78, 5) is 21.1. The highest BCUT2D eigenvalue weighted by molar-refractivity contribution is 14.1. The number of nitrogens with zero attached hydrogens (tertiary/aromatic N) is 1. The summed E-state index contributed by atoms with van der Waals surface area (Å²) in [5, 5.41) is 10.8. The molecule has 0 aliphatic carbocycles. The molecule has 17 heavy (non-hydrogen) atoms. The van der Waals surface area contributed by atoms with Gasteiger partial charge in [0.25, 0.3) is 0 Å². The van der Waals surface area contributed by atoms with Crippen LogP contribution in [0, 0.1) is 13.7 Å². The van der Waals surface area contributed by atoms with Crippen LogP contribution < -0.4 is 4.74 Å². The third-order valence-corrected chi connectivity index (χ3v) is 2.44. The SMILES string of the molecule is CC(=O)c1cc(I)cc(OC(F)F)c1[N+](=O)[O-]. The van der Waals surface area contributed by atoms with Gasteiger partial charge in [0.2, 0.25) is 5.75 Å². The van der Waals surface area contributed by atoms with Crippen molar-refractivity contribution in [2.24, 2.45) is 0 Å². The first kappa shape index (κ1) is 13.7. The number of rotatable bonds is 4. The molecule has 0 bridgehead atoms. The van der Waals surface area contributed by atoms with Crippen molar-refractivity contribution < 1.29 is 23.2 Å². The molecular formula is C9H6F2INO4. The van der Waals surface area contributed by atoms with Gasteiger partial charge in [0.05, 0.1) is 4.92 Å². The summed E-state index contributed by atoms with van der Waals surface area (Å²) >= 11 is 1.75. The van der Waals surface area contributed by atoms with Crippen molar-refractivity contribution in [2.75, 3.05) is 0 Å². The first-order valence-electron chi connectivity index (χ1n) is 4.26. The Morgan fingerprint density at radius 3 is 2.53 bits per heavy atom. The lowest BCUT2D eigenvalue weighted by molar-refractivity contribution is -0.386. The smallest absolute Gasteiger partial charge is 0.387 e. The van der Waals surface area contributed by atoms with Gasteiger partial charge < -0.3 is 4.74 Å². The van der Waals surface area contributed by atoms with Crippen molar-refractivity contribution in [2.45, 2.75) is 13.5 Å². The quantitative estimate of drug-likeness (QED) is 0.360. The molecule has 1 rings (SSSR count). The lowest BCUT2D eigenvalue weighted by Crippen LogP contribution is -2.08.